The highest BCUT2D eigenvalue weighted by atomic mass is 15.1. The van der Waals surface area contributed by atoms with Crippen molar-refractivity contribution in [2.45, 2.75) is 0 Å². The Labute approximate surface area is 248 Å². The lowest BCUT2D eigenvalue weighted by Gasteiger charge is -2.19. The molecule has 0 saturated heterocycles. The molecule has 0 N–H and O–H groups in total. The molecule has 0 spiro atoms. The predicted octanol–water partition coefficient (Wildman–Crippen LogP) is 9.59. The summed E-state index contributed by atoms with van der Waals surface area (Å²) >= 11 is 0. The number of anilines is 2. The van der Waals surface area contributed by atoms with Crippen LogP contribution in [0.2, 0.25) is 0 Å². The second-order valence-corrected chi connectivity index (χ2v) is 10.0. The van der Waals surface area contributed by atoms with Gasteiger partial charge in [-0.3, -0.25) is 0 Å². The molecular formula is C41H29N. The normalized spacial score (nSPS) is 10.1. The van der Waals surface area contributed by atoms with E-state index in [1.807, 2.05) is 12.1 Å². The van der Waals surface area contributed by atoms with Gasteiger partial charge in [0.05, 0.1) is 0 Å². The van der Waals surface area contributed by atoms with Gasteiger partial charge in [-0.2, -0.15) is 0 Å². The van der Waals surface area contributed by atoms with Gasteiger partial charge in [0, 0.05) is 40.7 Å². The number of nitrogens with zero attached hydrogens (tertiary/aromatic N) is 1. The zero-order valence-electron chi connectivity index (χ0n) is 23.5. The van der Waals surface area contributed by atoms with Gasteiger partial charge in [-0.1, -0.05) is 109 Å². The van der Waals surface area contributed by atoms with Crippen LogP contribution in [0.1, 0.15) is 22.3 Å². The van der Waals surface area contributed by atoms with Crippen molar-refractivity contribution in [1.29, 1.82) is 0 Å². The molecule has 198 valence electrons. The molecule has 0 aromatic heterocycles. The highest BCUT2D eigenvalue weighted by Crippen LogP contribution is 2.24. The van der Waals surface area contributed by atoms with E-state index in [-0.39, 0.29) is 0 Å². The van der Waals surface area contributed by atoms with Crippen LogP contribution in [-0.2, 0) is 0 Å². The second-order valence-electron chi connectivity index (χ2n) is 10.0. The van der Waals surface area contributed by atoms with E-state index >= 15 is 0 Å². The standard InChI is InChI=1S/C41H29N/c1-42(40-28-20-34(21-29-40)14-12-32-16-24-38(25-17-32)36-8-4-2-5-9-36)41-30-22-35(23-31-41)15-13-33-18-26-39(27-19-33)37-10-6-3-7-11-37/h2-11,16-31H,1H3. The molecule has 6 aromatic rings. The van der Waals surface area contributed by atoms with Crippen molar-refractivity contribution in [3.63, 3.8) is 0 Å². The van der Waals surface area contributed by atoms with E-state index in [9.17, 15) is 0 Å². The Hall–Kier alpha value is -5.76. The summed E-state index contributed by atoms with van der Waals surface area (Å²) < 4.78 is 0. The Morgan fingerprint density at radius 1 is 0.310 bits per heavy atom. The molecule has 0 amide bonds. The summed E-state index contributed by atoms with van der Waals surface area (Å²) in [4.78, 5) is 2.17. The number of rotatable bonds is 4. The maximum atomic E-state index is 3.29. The van der Waals surface area contributed by atoms with Crippen LogP contribution in [0.15, 0.2) is 158 Å². The van der Waals surface area contributed by atoms with Gasteiger partial charge in [-0.25, -0.2) is 0 Å². The first-order valence-electron chi connectivity index (χ1n) is 14.0. The molecule has 0 aliphatic rings. The fourth-order valence-electron chi connectivity index (χ4n) is 4.73. The maximum Gasteiger partial charge on any atom is 0.0408 e. The zero-order chi connectivity index (χ0) is 28.6. The van der Waals surface area contributed by atoms with Gasteiger partial charge in [0.2, 0.25) is 0 Å². The lowest BCUT2D eigenvalue weighted by atomic mass is 10.0. The Morgan fingerprint density at radius 2 is 0.571 bits per heavy atom. The van der Waals surface area contributed by atoms with E-state index < -0.39 is 0 Å². The van der Waals surface area contributed by atoms with Crippen LogP contribution in [0.5, 0.6) is 0 Å². The lowest BCUT2D eigenvalue weighted by Crippen LogP contribution is -2.09. The summed E-state index contributed by atoms with van der Waals surface area (Å²) in [5.74, 6) is 13.1. The van der Waals surface area contributed by atoms with E-state index in [2.05, 4.69) is 181 Å². The quantitative estimate of drug-likeness (QED) is 0.203. The highest BCUT2D eigenvalue weighted by molar-refractivity contribution is 5.67. The summed E-state index contributed by atoms with van der Waals surface area (Å²) in [7, 11) is 2.07. The molecule has 1 nitrogen and oxygen atoms in total. The van der Waals surface area contributed by atoms with Crippen LogP contribution in [0.4, 0.5) is 11.4 Å². The van der Waals surface area contributed by atoms with Gasteiger partial charge in [0.1, 0.15) is 0 Å². The van der Waals surface area contributed by atoms with Crippen molar-refractivity contribution < 1.29 is 0 Å². The molecule has 6 aromatic carbocycles. The maximum absolute atomic E-state index is 3.29. The molecule has 6 rings (SSSR count). The van der Waals surface area contributed by atoms with Crippen LogP contribution in [0, 0.1) is 23.7 Å². The predicted molar refractivity (Wildman–Crippen MR) is 177 cm³/mol. The summed E-state index contributed by atoms with van der Waals surface area (Å²) in [6.45, 7) is 0. The third-order valence-electron chi connectivity index (χ3n) is 7.20. The molecule has 0 aliphatic carbocycles. The fraction of sp³-hybridized carbons (Fsp3) is 0.0244. The molecule has 0 heterocycles. The Kier molecular flexibility index (Phi) is 7.94. The van der Waals surface area contributed by atoms with Gasteiger partial charge in [-0.15, -0.1) is 0 Å². The van der Waals surface area contributed by atoms with E-state index in [0.29, 0.717) is 0 Å². The number of hydrogen-bond donors (Lipinski definition) is 0. The molecule has 0 radical (unpaired) electrons. The van der Waals surface area contributed by atoms with E-state index in [1.165, 1.54) is 22.3 Å². The SMILES string of the molecule is CN(c1ccc(C#Cc2ccc(-c3ccccc3)cc2)cc1)c1ccc(C#Cc2ccc(-c3ccccc3)cc2)cc1. The Morgan fingerprint density at radius 3 is 0.881 bits per heavy atom. The zero-order valence-corrected chi connectivity index (χ0v) is 23.5. The van der Waals surface area contributed by atoms with E-state index in [4.69, 9.17) is 0 Å². The first-order valence-corrected chi connectivity index (χ1v) is 14.0. The lowest BCUT2D eigenvalue weighted by molar-refractivity contribution is 1.21. The summed E-state index contributed by atoms with van der Waals surface area (Å²) in [6.07, 6.45) is 0. The van der Waals surface area contributed by atoms with Crippen molar-refractivity contribution in [1.82, 2.24) is 0 Å². The number of benzene rings is 6. The van der Waals surface area contributed by atoms with E-state index in [0.717, 1.165) is 33.6 Å². The third kappa shape index (κ3) is 6.51. The van der Waals surface area contributed by atoms with Crippen LogP contribution in [0.3, 0.4) is 0 Å². The minimum Gasteiger partial charge on any atom is -0.345 e. The fourth-order valence-corrected chi connectivity index (χ4v) is 4.73. The highest BCUT2D eigenvalue weighted by Gasteiger charge is 2.04. The molecule has 42 heavy (non-hydrogen) atoms. The van der Waals surface area contributed by atoms with Gasteiger partial charge >= 0.3 is 0 Å². The van der Waals surface area contributed by atoms with Crippen LogP contribution in [0.25, 0.3) is 22.3 Å². The molecular weight excluding hydrogens is 506 g/mol. The topological polar surface area (TPSA) is 3.24 Å². The molecule has 0 unspecified atom stereocenters. The second kappa shape index (κ2) is 12.6. The molecule has 0 saturated carbocycles. The summed E-state index contributed by atoms with van der Waals surface area (Å²) in [5, 5.41) is 0. The van der Waals surface area contributed by atoms with Crippen molar-refractivity contribution in [2.75, 3.05) is 11.9 Å². The molecule has 0 aliphatic heterocycles. The van der Waals surface area contributed by atoms with Crippen LogP contribution < -0.4 is 4.90 Å². The minimum absolute atomic E-state index is 0.988. The largest absolute Gasteiger partial charge is 0.345 e. The average molecular weight is 536 g/mol. The van der Waals surface area contributed by atoms with Crippen molar-refractivity contribution >= 4 is 11.4 Å². The average Bonchev–Trinajstić information content (AvgIpc) is 3.08. The van der Waals surface area contributed by atoms with Gasteiger partial charge in [0.15, 0.2) is 0 Å². The first-order chi connectivity index (χ1) is 20.7. The first kappa shape index (κ1) is 26.5. The summed E-state index contributed by atoms with van der Waals surface area (Å²) in [5.41, 5.74) is 11.0. The monoisotopic (exact) mass is 535 g/mol. The summed E-state index contributed by atoms with van der Waals surface area (Å²) in [6, 6.07) is 54.3. The van der Waals surface area contributed by atoms with Crippen LogP contribution >= 0.6 is 0 Å². The van der Waals surface area contributed by atoms with Gasteiger partial charge in [-0.05, 0) is 95.1 Å². The third-order valence-corrected chi connectivity index (χ3v) is 7.20. The van der Waals surface area contributed by atoms with Crippen molar-refractivity contribution in [3.05, 3.63) is 180 Å². The molecule has 0 fully saturated rings. The Balaban J connectivity index is 1.08. The van der Waals surface area contributed by atoms with Gasteiger partial charge < -0.3 is 4.90 Å². The van der Waals surface area contributed by atoms with Crippen molar-refractivity contribution in [3.8, 4) is 45.9 Å². The Bertz CT molecular complexity index is 1730. The minimum atomic E-state index is 0.988. The molecule has 1 heteroatoms. The molecule has 0 atom stereocenters. The van der Waals surface area contributed by atoms with E-state index in [1.54, 1.807) is 0 Å². The smallest absolute Gasteiger partial charge is 0.0408 e. The number of hydrogen-bond acceptors (Lipinski definition) is 1. The van der Waals surface area contributed by atoms with Crippen LogP contribution in [-0.4, -0.2) is 7.05 Å². The van der Waals surface area contributed by atoms with Crippen molar-refractivity contribution in [2.24, 2.45) is 0 Å². The molecule has 0 bridgehead atoms. The van der Waals surface area contributed by atoms with Gasteiger partial charge in [0.25, 0.3) is 0 Å².